The van der Waals surface area contributed by atoms with Crippen molar-refractivity contribution in [2.24, 2.45) is 5.92 Å². The van der Waals surface area contributed by atoms with E-state index in [1.165, 1.54) is 4.90 Å². The minimum absolute atomic E-state index is 0.103. The van der Waals surface area contributed by atoms with Crippen LogP contribution in [0, 0.1) is 5.92 Å². The summed E-state index contributed by atoms with van der Waals surface area (Å²) in [7, 11) is 0. The van der Waals surface area contributed by atoms with Gasteiger partial charge >= 0.3 is 0 Å². The van der Waals surface area contributed by atoms with Gasteiger partial charge in [0.25, 0.3) is 0 Å². The SMILES string of the molecule is CC(C)CC(=O)NC(C(=O)NCCCSc1ccccc1)c1ccccc1. The van der Waals surface area contributed by atoms with E-state index in [9.17, 15) is 9.59 Å². The van der Waals surface area contributed by atoms with Crippen LogP contribution in [-0.4, -0.2) is 24.1 Å². The number of amides is 2. The summed E-state index contributed by atoms with van der Waals surface area (Å²) in [5.41, 5.74) is 0.797. The van der Waals surface area contributed by atoms with E-state index >= 15 is 0 Å². The first-order valence-electron chi connectivity index (χ1n) is 9.36. The van der Waals surface area contributed by atoms with Crippen molar-refractivity contribution in [1.29, 1.82) is 0 Å². The Morgan fingerprint density at radius 3 is 2.22 bits per heavy atom. The van der Waals surface area contributed by atoms with Crippen molar-refractivity contribution < 1.29 is 9.59 Å². The van der Waals surface area contributed by atoms with Crippen LogP contribution >= 0.6 is 11.8 Å². The molecule has 2 rings (SSSR count). The maximum Gasteiger partial charge on any atom is 0.247 e. The summed E-state index contributed by atoms with van der Waals surface area (Å²) in [5, 5.41) is 5.83. The molecule has 0 saturated carbocycles. The Morgan fingerprint density at radius 1 is 0.963 bits per heavy atom. The van der Waals surface area contributed by atoms with Gasteiger partial charge < -0.3 is 10.6 Å². The summed E-state index contributed by atoms with van der Waals surface area (Å²) in [6.45, 7) is 4.56. The molecule has 1 unspecified atom stereocenters. The average Bonchev–Trinajstić information content (AvgIpc) is 2.66. The fraction of sp³-hybridized carbons (Fsp3) is 0.364. The molecule has 2 aromatic rings. The second-order valence-corrected chi connectivity index (χ2v) is 7.98. The zero-order valence-electron chi connectivity index (χ0n) is 16.0. The lowest BCUT2D eigenvalue weighted by Gasteiger charge is -2.19. The smallest absolute Gasteiger partial charge is 0.247 e. The van der Waals surface area contributed by atoms with Crippen molar-refractivity contribution in [1.82, 2.24) is 10.6 Å². The summed E-state index contributed by atoms with van der Waals surface area (Å²) in [6.07, 6.45) is 1.27. The molecule has 0 aromatic heterocycles. The van der Waals surface area contributed by atoms with Gasteiger partial charge in [0.15, 0.2) is 0 Å². The molecule has 4 nitrogen and oxygen atoms in total. The van der Waals surface area contributed by atoms with Crippen LogP contribution in [0.5, 0.6) is 0 Å². The summed E-state index contributed by atoms with van der Waals surface area (Å²) < 4.78 is 0. The van der Waals surface area contributed by atoms with Gasteiger partial charge in [-0.3, -0.25) is 9.59 Å². The zero-order valence-corrected chi connectivity index (χ0v) is 16.8. The molecule has 0 saturated heterocycles. The number of carbonyl (C=O) groups excluding carboxylic acids is 2. The van der Waals surface area contributed by atoms with Crippen LogP contribution in [0.1, 0.15) is 38.3 Å². The maximum atomic E-state index is 12.7. The molecular weight excluding hydrogens is 356 g/mol. The normalized spacial score (nSPS) is 11.8. The van der Waals surface area contributed by atoms with Gasteiger partial charge in [-0.25, -0.2) is 0 Å². The average molecular weight is 385 g/mol. The lowest BCUT2D eigenvalue weighted by molar-refractivity contribution is -0.129. The van der Waals surface area contributed by atoms with Crippen LogP contribution in [0.2, 0.25) is 0 Å². The van der Waals surface area contributed by atoms with E-state index in [1.807, 2.05) is 62.4 Å². The van der Waals surface area contributed by atoms with Gasteiger partial charge in [-0.15, -0.1) is 11.8 Å². The van der Waals surface area contributed by atoms with Crippen LogP contribution in [0.15, 0.2) is 65.6 Å². The molecular formula is C22H28N2O2S. The monoisotopic (exact) mass is 384 g/mol. The Hall–Kier alpha value is -2.27. The van der Waals surface area contributed by atoms with Crippen molar-refractivity contribution in [3.05, 3.63) is 66.2 Å². The molecule has 1 atom stereocenters. The fourth-order valence-electron chi connectivity index (χ4n) is 2.63. The molecule has 0 bridgehead atoms. The molecule has 0 fully saturated rings. The molecule has 0 radical (unpaired) electrons. The van der Waals surface area contributed by atoms with Crippen LogP contribution in [-0.2, 0) is 9.59 Å². The van der Waals surface area contributed by atoms with Gasteiger partial charge in [0, 0.05) is 17.9 Å². The van der Waals surface area contributed by atoms with Crippen LogP contribution in [0.25, 0.3) is 0 Å². The first-order chi connectivity index (χ1) is 13.1. The maximum absolute atomic E-state index is 12.7. The molecule has 0 aliphatic carbocycles. The van der Waals surface area contributed by atoms with Gasteiger partial charge in [0.1, 0.15) is 6.04 Å². The Labute approximate surface area is 166 Å². The van der Waals surface area contributed by atoms with E-state index in [4.69, 9.17) is 0 Å². The predicted molar refractivity (Wildman–Crippen MR) is 112 cm³/mol. The third-order valence-corrected chi connectivity index (χ3v) is 5.02. The van der Waals surface area contributed by atoms with Crippen molar-refractivity contribution in [3.8, 4) is 0 Å². The summed E-state index contributed by atoms with van der Waals surface area (Å²) in [6, 6.07) is 18.9. The van der Waals surface area contributed by atoms with Gasteiger partial charge in [-0.1, -0.05) is 62.4 Å². The minimum atomic E-state index is -0.653. The van der Waals surface area contributed by atoms with Crippen molar-refractivity contribution >= 4 is 23.6 Å². The molecule has 0 heterocycles. The molecule has 27 heavy (non-hydrogen) atoms. The third-order valence-electron chi connectivity index (χ3n) is 3.93. The molecule has 2 amide bonds. The summed E-state index contributed by atoms with van der Waals surface area (Å²) in [4.78, 5) is 26.1. The molecule has 2 N–H and O–H groups in total. The Bertz CT molecular complexity index is 705. The third kappa shape index (κ3) is 7.87. The molecule has 0 aliphatic rings. The Morgan fingerprint density at radius 2 is 1.59 bits per heavy atom. The molecule has 144 valence electrons. The van der Waals surface area contributed by atoms with Gasteiger partial charge in [0.05, 0.1) is 0 Å². The van der Waals surface area contributed by atoms with Crippen LogP contribution in [0.4, 0.5) is 0 Å². The highest BCUT2D eigenvalue weighted by Crippen LogP contribution is 2.18. The van der Waals surface area contributed by atoms with E-state index in [-0.39, 0.29) is 17.7 Å². The van der Waals surface area contributed by atoms with Crippen molar-refractivity contribution in [2.45, 2.75) is 37.6 Å². The van der Waals surface area contributed by atoms with Gasteiger partial charge in [-0.05, 0) is 35.8 Å². The second-order valence-electron chi connectivity index (χ2n) is 6.82. The number of thioether (sulfide) groups is 1. The standard InChI is InChI=1S/C22H28N2O2S/c1-17(2)16-20(25)24-21(18-10-5-3-6-11-18)22(26)23-14-9-15-27-19-12-7-4-8-13-19/h3-8,10-13,17,21H,9,14-16H2,1-2H3,(H,23,26)(H,24,25). The van der Waals surface area contributed by atoms with Crippen molar-refractivity contribution in [2.75, 3.05) is 12.3 Å². The zero-order chi connectivity index (χ0) is 19.5. The molecule has 0 aliphatic heterocycles. The van der Waals surface area contributed by atoms with Crippen LogP contribution in [0.3, 0.4) is 0 Å². The highest BCUT2D eigenvalue weighted by atomic mass is 32.2. The first kappa shape index (κ1) is 21.0. The summed E-state index contributed by atoms with van der Waals surface area (Å²) in [5.74, 6) is 0.913. The minimum Gasteiger partial charge on any atom is -0.354 e. The highest BCUT2D eigenvalue weighted by Gasteiger charge is 2.22. The number of carbonyl (C=O) groups is 2. The van der Waals surface area contributed by atoms with E-state index < -0.39 is 6.04 Å². The van der Waals surface area contributed by atoms with E-state index in [0.29, 0.717) is 13.0 Å². The predicted octanol–water partition coefficient (Wildman–Crippen LogP) is 4.19. The van der Waals surface area contributed by atoms with Crippen molar-refractivity contribution in [3.63, 3.8) is 0 Å². The number of benzene rings is 2. The number of nitrogens with one attached hydrogen (secondary N) is 2. The largest absolute Gasteiger partial charge is 0.354 e. The lowest BCUT2D eigenvalue weighted by atomic mass is 10.0. The Kier molecular flexibility index (Phi) is 8.92. The highest BCUT2D eigenvalue weighted by molar-refractivity contribution is 7.99. The fourth-order valence-corrected chi connectivity index (χ4v) is 3.50. The molecule has 0 spiro atoms. The van der Waals surface area contributed by atoms with E-state index in [2.05, 4.69) is 22.8 Å². The van der Waals surface area contributed by atoms with Gasteiger partial charge in [-0.2, -0.15) is 0 Å². The van der Waals surface area contributed by atoms with E-state index in [0.717, 1.165) is 17.7 Å². The molecule has 2 aromatic carbocycles. The number of rotatable bonds is 10. The summed E-state index contributed by atoms with van der Waals surface area (Å²) >= 11 is 1.77. The second kappa shape index (κ2) is 11.4. The lowest BCUT2D eigenvalue weighted by Crippen LogP contribution is -2.41. The Balaban J connectivity index is 1.84. The quantitative estimate of drug-likeness (QED) is 0.477. The van der Waals surface area contributed by atoms with Gasteiger partial charge in [0.2, 0.25) is 11.8 Å². The van der Waals surface area contributed by atoms with E-state index in [1.54, 1.807) is 11.8 Å². The topological polar surface area (TPSA) is 58.2 Å². The number of hydrogen-bond acceptors (Lipinski definition) is 3. The molecule has 5 heteroatoms. The number of hydrogen-bond donors (Lipinski definition) is 2. The van der Waals surface area contributed by atoms with Crippen LogP contribution < -0.4 is 10.6 Å². The first-order valence-corrected chi connectivity index (χ1v) is 10.3.